The van der Waals surface area contributed by atoms with Crippen LogP contribution >= 0.6 is 11.6 Å². The van der Waals surface area contributed by atoms with Gasteiger partial charge in [-0.3, -0.25) is 0 Å². The lowest BCUT2D eigenvalue weighted by Gasteiger charge is -2.43. The second kappa shape index (κ2) is 7.51. The fraction of sp³-hybridized carbons (Fsp3) is 1.00. The Balaban J connectivity index is 2.73. The van der Waals surface area contributed by atoms with E-state index in [1.165, 1.54) is 0 Å². The van der Waals surface area contributed by atoms with E-state index in [4.69, 9.17) is 35.3 Å². The van der Waals surface area contributed by atoms with Crippen LogP contribution in [0.2, 0.25) is 0 Å². The molecule has 0 aromatic rings. The lowest BCUT2D eigenvalue weighted by atomic mass is 9.99. The van der Waals surface area contributed by atoms with Crippen LogP contribution in [0.4, 0.5) is 0 Å². The summed E-state index contributed by atoms with van der Waals surface area (Å²) in [5.74, 6) is 0.413. The quantitative estimate of drug-likeness (QED) is 0.674. The van der Waals surface area contributed by atoms with Crippen LogP contribution < -0.4 is 0 Å². The third-order valence-corrected chi connectivity index (χ3v) is 3.06. The van der Waals surface area contributed by atoms with Crippen LogP contribution in [0.15, 0.2) is 0 Å². The fourth-order valence-corrected chi connectivity index (χ4v) is 2.20. The molecule has 1 rings (SSSR count). The Morgan fingerprint density at radius 3 is 2.06 bits per heavy atom. The molecule has 17 heavy (non-hydrogen) atoms. The van der Waals surface area contributed by atoms with Crippen LogP contribution in [0.25, 0.3) is 0 Å². The van der Waals surface area contributed by atoms with Crippen LogP contribution in [0.3, 0.4) is 0 Å². The monoisotopic (exact) mass is 268 g/mol. The molecule has 5 nitrogen and oxygen atoms in total. The number of methoxy groups -OCH3 is 3. The van der Waals surface area contributed by atoms with Crippen LogP contribution in [0.5, 0.6) is 0 Å². The summed E-state index contributed by atoms with van der Waals surface area (Å²) in [7, 11) is 4.85. The molecule has 1 saturated heterocycles. The van der Waals surface area contributed by atoms with Gasteiger partial charge in [-0.05, 0) is 6.92 Å². The molecule has 5 atom stereocenters. The van der Waals surface area contributed by atoms with E-state index in [1.807, 2.05) is 6.92 Å². The van der Waals surface area contributed by atoms with Gasteiger partial charge < -0.3 is 23.7 Å². The Morgan fingerprint density at radius 2 is 1.59 bits per heavy atom. The van der Waals surface area contributed by atoms with Crippen LogP contribution in [-0.4, -0.2) is 64.5 Å². The van der Waals surface area contributed by atoms with E-state index in [0.29, 0.717) is 12.5 Å². The highest BCUT2D eigenvalue weighted by molar-refractivity contribution is 6.17. The Hall–Kier alpha value is 0.0900. The van der Waals surface area contributed by atoms with Crippen molar-refractivity contribution in [1.82, 2.24) is 0 Å². The Labute approximate surface area is 107 Å². The molecule has 0 amide bonds. The van der Waals surface area contributed by atoms with E-state index in [0.717, 1.165) is 0 Å². The summed E-state index contributed by atoms with van der Waals surface area (Å²) in [5, 5.41) is 0. The molecule has 0 N–H and O–H groups in total. The molecule has 0 aliphatic carbocycles. The minimum atomic E-state index is -0.481. The molecule has 0 aromatic heterocycles. The van der Waals surface area contributed by atoms with Gasteiger partial charge in [-0.1, -0.05) is 0 Å². The highest BCUT2D eigenvalue weighted by Crippen LogP contribution is 2.27. The van der Waals surface area contributed by atoms with Gasteiger partial charge in [0.25, 0.3) is 0 Å². The topological polar surface area (TPSA) is 46.2 Å². The van der Waals surface area contributed by atoms with Gasteiger partial charge in [0.05, 0.1) is 12.7 Å². The maximum Gasteiger partial charge on any atom is 0.186 e. The number of halogens is 1. The van der Waals surface area contributed by atoms with Crippen molar-refractivity contribution in [3.63, 3.8) is 0 Å². The first-order valence-corrected chi connectivity index (χ1v) is 6.14. The zero-order valence-corrected chi connectivity index (χ0v) is 11.5. The maximum atomic E-state index is 5.72. The van der Waals surface area contributed by atoms with Crippen molar-refractivity contribution in [2.24, 2.45) is 0 Å². The van der Waals surface area contributed by atoms with Gasteiger partial charge in [0.15, 0.2) is 6.29 Å². The SMILES string of the molecule is CO[C@@H]1[C@@H](OC)[C@H](C)O[C@H](OCCCl)[C@@H]1OC. The molecule has 6 heteroatoms. The summed E-state index contributed by atoms with van der Waals surface area (Å²) in [4.78, 5) is 0. The highest BCUT2D eigenvalue weighted by Gasteiger charge is 2.45. The van der Waals surface area contributed by atoms with Gasteiger partial charge in [0.2, 0.25) is 0 Å². The van der Waals surface area contributed by atoms with Crippen molar-refractivity contribution in [3.05, 3.63) is 0 Å². The number of alkyl halides is 1. The summed E-state index contributed by atoms with van der Waals surface area (Å²) >= 11 is 5.60. The Bertz CT molecular complexity index is 216. The number of hydrogen-bond donors (Lipinski definition) is 0. The molecule has 1 aliphatic rings. The molecular formula is C11H21ClO5. The lowest BCUT2D eigenvalue weighted by molar-refractivity contribution is -0.303. The van der Waals surface area contributed by atoms with Gasteiger partial charge in [-0.25, -0.2) is 0 Å². The molecule has 0 unspecified atom stereocenters. The van der Waals surface area contributed by atoms with Crippen molar-refractivity contribution < 1.29 is 23.7 Å². The van der Waals surface area contributed by atoms with Crippen molar-refractivity contribution in [2.75, 3.05) is 33.8 Å². The number of rotatable bonds is 6. The van der Waals surface area contributed by atoms with Crippen LogP contribution in [0.1, 0.15) is 6.92 Å². The van der Waals surface area contributed by atoms with Gasteiger partial charge >= 0.3 is 0 Å². The zero-order valence-electron chi connectivity index (χ0n) is 10.7. The van der Waals surface area contributed by atoms with Crippen molar-refractivity contribution in [2.45, 2.75) is 37.6 Å². The first-order chi connectivity index (χ1) is 8.19. The largest absolute Gasteiger partial charge is 0.376 e. The maximum absolute atomic E-state index is 5.72. The zero-order chi connectivity index (χ0) is 12.8. The van der Waals surface area contributed by atoms with E-state index in [1.54, 1.807) is 21.3 Å². The third kappa shape index (κ3) is 3.53. The van der Waals surface area contributed by atoms with Gasteiger partial charge in [0, 0.05) is 27.2 Å². The minimum absolute atomic E-state index is 0.128. The lowest BCUT2D eigenvalue weighted by Crippen LogP contribution is -2.59. The second-order valence-electron chi connectivity index (χ2n) is 3.87. The van der Waals surface area contributed by atoms with Crippen molar-refractivity contribution in [3.8, 4) is 0 Å². The smallest absolute Gasteiger partial charge is 0.186 e. The molecule has 0 radical (unpaired) electrons. The molecular weight excluding hydrogens is 248 g/mol. The van der Waals surface area contributed by atoms with Gasteiger partial charge in [-0.2, -0.15) is 0 Å². The Morgan fingerprint density at radius 1 is 1.00 bits per heavy atom. The van der Waals surface area contributed by atoms with Crippen LogP contribution in [-0.2, 0) is 23.7 Å². The van der Waals surface area contributed by atoms with E-state index >= 15 is 0 Å². The summed E-state index contributed by atoms with van der Waals surface area (Å²) in [6, 6.07) is 0. The molecule has 1 fully saturated rings. The first kappa shape index (κ1) is 15.1. The predicted octanol–water partition coefficient (Wildman–Crippen LogP) is 1.03. The summed E-state index contributed by atoms with van der Waals surface area (Å²) in [6.45, 7) is 2.33. The van der Waals surface area contributed by atoms with E-state index in [2.05, 4.69) is 0 Å². The molecule has 102 valence electrons. The van der Waals surface area contributed by atoms with E-state index < -0.39 is 6.29 Å². The average Bonchev–Trinajstić information content (AvgIpc) is 2.35. The molecule has 0 aromatic carbocycles. The summed E-state index contributed by atoms with van der Waals surface area (Å²) in [6.07, 6.45) is -1.35. The molecule has 1 heterocycles. The van der Waals surface area contributed by atoms with Gasteiger partial charge in [-0.15, -0.1) is 11.6 Å². The normalized spacial score (nSPS) is 38.3. The van der Waals surface area contributed by atoms with Crippen molar-refractivity contribution >= 4 is 11.6 Å². The number of ether oxygens (including phenoxy) is 5. The highest BCUT2D eigenvalue weighted by atomic mass is 35.5. The standard InChI is InChI=1S/C11H21ClO5/c1-7-8(13-2)9(14-3)10(15-4)11(17-7)16-6-5-12/h7-11H,5-6H2,1-4H3/t7-,8-,9+,10+,11-/m0/s1. The first-order valence-electron chi connectivity index (χ1n) is 5.61. The summed E-state index contributed by atoms with van der Waals surface area (Å²) in [5.41, 5.74) is 0. The average molecular weight is 269 g/mol. The minimum Gasteiger partial charge on any atom is -0.376 e. The second-order valence-corrected chi connectivity index (χ2v) is 4.25. The summed E-state index contributed by atoms with van der Waals surface area (Å²) < 4.78 is 27.4. The third-order valence-electron chi connectivity index (χ3n) is 2.90. The van der Waals surface area contributed by atoms with Crippen molar-refractivity contribution in [1.29, 1.82) is 0 Å². The molecule has 0 spiro atoms. The molecule has 0 bridgehead atoms. The molecule has 0 saturated carbocycles. The predicted molar refractivity (Wildman–Crippen MR) is 63.4 cm³/mol. The number of hydrogen-bond acceptors (Lipinski definition) is 5. The fourth-order valence-electron chi connectivity index (χ4n) is 2.11. The van der Waals surface area contributed by atoms with E-state index in [9.17, 15) is 0 Å². The van der Waals surface area contributed by atoms with Crippen LogP contribution in [0, 0.1) is 0 Å². The van der Waals surface area contributed by atoms with Gasteiger partial charge in [0.1, 0.15) is 18.3 Å². The van der Waals surface area contributed by atoms with E-state index in [-0.39, 0.29) is 24.4 Å². The Kier molecular flexibility index (Phi) is 6.69. The molecule has 1 aliphatic heterocycles.